The van der Waals surface area contributed by atoms with E-state index < -0.39 is 5.91 Å². The van der Waals surface area contributed by atoms with E-state index in [9.17, 15) is 10.1 Å². The molecule has 0 aliphatic rings. The molecule has 0 atom stereocenters. The molecule has 0 aliphatic carbocycles. The maximum Gasteiger partial charge on any atom is 0.277 e. The van der Waals surface area contributed by atoms with Gasteiger partial charge in [-0.25, -0.2) is 9.67 Å². The Kier molecular flexibility index (Phi) is 4.34. The van der Waals surface area contributed by atoms with Gasteiger partial charge in [0, 0.05) is 17.8 Å². The van der Waals surface area contributed by atoms with Crippen molar-refractivity contribution < 1.29 is 4.79 Å². The van der Waals surface area contributed by atoms with Crippen LogP contribution in [-0.2, 0) is 0 Å². The molecule has 9 nitrogen and oxygen atoms in total. The maximum absolute atomic E-state index is 12.6. The van der Waals surface area contributed by atoms with Gasteiger partial charge >= 0.3 is 0 Å². The van der Waals surface area contributed by atoms with Crippen LogP contribution in [0.5, 0.6) is 0 Å². The van der Waals surface area contributed by atoms with Crippen molar-refractivity contribution in [3.63, 3.8) is 0 Å². The first-order valence-corrected chi connectivity index (χ1v) is 8.57. The van der Waals surface area contributed by atoms with Crippen LogP contribution in [0.3, 0.4) is 0 Å². The summed E-state index contributed by atoms with van der Waals surface area (Å²) in [5.41, 5.74) is 2.27. The number of nitriles is 1. The molecule has 0 radical (unpaired) electrons. The van der Waals surface area contributed by atoms with Crippen molar-refractivity contribution in [2.45, 2.75) is 0 Å². The number of carbonyl (C=O) groups excluding carboxylic acids is 1. The van der Waals surface area contributed by atoms with Crippen LogP contribution in [0.4, 0.5) is 5.13 Å². The van der Waals surface area contributed by atoms with Crippen molar-refractivity contribution in [2.75, 3.05) is 5.32 Å². The topological polar surface area (TPSA) is 122 Å². The third-order valence-electron chi connectivity index (χ3n) is 3.57. The summed E-state index contributed by atoms with van der Waals surface area (Å²) in [6.45, 7) is 0. The van der Waals surface area contributed by atoms with Gasteiger partial charge in [0.2, 0.25) is 0 Å². The van der Waals surface area contributed by atoms with Crippen LogP contribution in [0.25, 0.3) is 17.1 Å². The van der Waals surface area contributed by atoms with Crippen molar-refractivity contribution in [1.29, 1.82) is 5.26 Å². The molecular formula is C17H10N8OS. The summed E-state index contributed by atoms with van der Waals surface area (Å²) in [7, 11) is 0. The Labute approximate surface area is 157 Å². The molecule has 0 spiro atoms. The number of amides is 1. The minimum Gasteiger partial charge on any atom is -0.296 e. The van der Waals surface area contributed by atoms with Crippen LogP contribution in [-0.4, -0.2) is 35.9 Å². The summed E-state index contributed by atoms with van der Waals surface area (Å²) in [5, 5.41) is 21.7. The number of pyridine rings is 2. The van der Waals surface area contributed by atoms with Gasteiger partial charge in [0.1, 0.15) is 17.5 Å². The quantitative estimate of drug-likeness (QED) is 0.581. The lowest BCUT2D eigenvalue weighted by molar-refractivity contribution is 0.101. The lowest BCUT2D eigenvalue weighted by atomic mass is 10.2. The molecule has 0 aliphatic heterocycles. The van der Waals surface area contributed by atoms with Crippen LogP contribution < -0.4 is 5.32 Å². The number of hydrogen-bond acceptors (Lipinski definition) is 8. The van der Waals surface area contributed by atoms with Crippen LogP contribution in [0.1, 0.15) is 16.1 Å². The van der Waals surface area contributed by atoms with E-state index in [4.69, 9.17) is 0 Å². The monoisotopic (exact) mass is 374 g/mol. The second kappa shape index (κ2) is 7.11. The van der Waals surface area contributed by atoms with Crippen molar-refractivity contribution in [3.8, 4) is 23.1 Å². The Morgan fingerprint density at radius 2 is 2.11 bits per heavy atom. The minimum absolute atomic E-state index is 0.246. The molecule has 0 saturated heterocycles. The van der Waals surface area contributed by atoms with E-state index in [2.05, 4.69) is 36.7 Å². The first-order valence-electron chi connectivity index (χ1n) is 7.70. The number of aromatic nitrogens is 6. The van der Waals surface area contributed by atoms with Crippen molar-refractivity contribution in [3.05, 3.63) is 65.7 Å². The Bertz CT molecular complexity index is 1140. The molecule has 4 heterocycles. The SMILES string of the molecule is N#Cc1cccnc1-c1csc(NC(=O)c2cnnn2-c2cccnc2)n1. The molecule has 0 saturated carbocycles. The van der Waals surface area contributed by atoms with Gasteiger partial charge in [-0.2, -0.15) is 5.26 Å². The summed E-state index contributed by atoms with van der Waals surface area (Å²) in [6.07, 6.45) is 6.16. The Morgan fingerprint density at radius 1 is 1.22 bits per heavy atom. The summed E-state index contributed by atoms with van der Waals surface area (Å²) in [4.78, 5) is 25.2. The van der Waals surface area contributed by atoms with E-state index in [1.54, 1.807) is 48.2 Å². The molecule has 0 aromatic carbocycles. The van der Waals surface area contributed by atoms with Gasteiger partial charge in [0.05, 0.1) is 23.6 Å². The van der Waals surface area contributed by atoms with Gasteiger partial charge < -0.3 is 0 Å². The fourth-order valence-electron chi connectivity index (χ4n) is 2.36. The highest BCUT2D eigenvalue weighted by molar-refractivity contribution is 7.14. The number of anilines is 1. The summed E-state index contributed by atoms with van der Waals surface area (Å²) < 4.78 is 1.39. The predicted octanol–water partition coefficient (Wildman–Crippen LogP) is 2.30. The molecule has 4 aromatic rings. The van der Waals surface area contributed by atoms with Crippen molar-refractivity contribution in [2.24, 2.45) is 0 Å². The smallest absolute Gasteiger partial charge is 0.277 e. The molecule has 27 heavy (non-hydrogen) atoms. The fourth-order valence-corrected chi connectivity index (χ4v) is 3.05. The molecule has 4 aromatic heterocycles. The van der Waals surface area contributed by atoms with Crippen LogP contribution in [0.2, 0.25) is 0 Å². The summed E-state index contributed by atoms with van der Waals surface area (Å²) in [5.74, 6) is -0.411. The second-order valence-electron chi connectivity index (χ2n) is 5.25. The molecule has 0 fully saturated rings. The standard InChI is InChI=1S/C17H10N8OS/c18-7-11-3-1-6-20-15(11)13-10-27-17(22-13)23-16(26)14-9-21-24-25(14)12-4-2-5-19-8-12/h1-6,8-10H,(H,22,23,26). The molecule has 1 amide bonds. The number of nitrogens with zero attached hydrogens (tertiary/aromatic N) is 7. The Balaban J connectivity index is 1.58. The highest BCUT2D eigenvalue weighted by atomic mass is 32.1. The lowest BCUT2D eigenvalue weighted by Gasteiger charge is -2.05. The van der Waals surface area contributed by atoms with Crippen LogP contribution >= 0.6 is 11.3 Å². The molecule has 1 N–H and O–H groups in total. The van der Waals surface area contributed by atoms with E-state index in [1.165, 1.54) is 22.2 Å². The van der Waals surface area contributed by atoms with E-state index in [-0.39, 0.29) is 5.69 Å². The number of carbonyl (C=O) groups is 1. The van der Waals surface area contributed by atoms with Crippen molar-refractivity contribution in [1.82, 2.24) is 29.9 Å². The summed E-state index contributed by atoms with van der Waals surface area (Å²) in [6, 6.07) is 8.94. The van der Waals surface area contributed by atoms with Crippen molar-refractivity contribution >= 4 is 22.4 Å². The minimum atomic E-state index is -0.411. The first kappa shape index (κ1) is 16.5. The van der Waals surface area contributed by atoms with E-state index in [0.717, 1.165) is 0 Å². The van der Waals surface area contributed by atoms with E-state index >= 15 is 0 Å². The molecule has 10 heteroatoms. The molecule has 130 valence electrons. The van der Waals surface area contributed by atoms with Crippen LogP contribution in [0, 0.1) is 11.3 Å². The number of rotatable bonds is 4. The summed E-state index contributed by atoms with van der Waals surface area (Å²) >= 11 is 1.24. The lowest BCUT2D eigenvalue weighted by Crippen LogP contribution is -2.17. The van der Waals surface area contributed by atoms with Gasteiger partial charge in [0.15, 0.2) is 10.8 Å². The molecule has 0 bridgehead atoms. The zero-order valence-corrected chi connectivity index (χ0v) is 14.5. The zero-order valence-electron chi connectivity index (χ0n) is 13.6. The average molecular weight is 374 g/mol. The van der Waals surface area contributed by atoms with Gasteiger partial charge in [-0.05, 0) is 24.3 Å². The van der Waals surface area contributed by atoms with Gasteiger partial charge in [-0.15, -0.1) is 16.4 Å². The van der Waals surface area contributed by atoms with Crippen LogP contribution in [0.15, 0.2) is 54.4 Å². The first-order chi connectivity index (χ1) is 13.3. The average Bonchev–Trinajstić information content (AvgIpc) is 3.38. The number of nitrogens with one attached hydrogen (secondary N) is 1. The Morgan fingerprint density at radius 3 is 2.93 bits per heavy atom. The van der Waals surface area contributed by atoms with Gasteiger partial charge in [-0.1, -0.05) is 5.21 Å². The number of hydrogen-bond donors (Lipinski definition) is 1. The zero-order chi connectivity index (χ0) is 18.6. The highest BCUT2D eigenvalue weighted by Crippen LogP contribution is 2.26. The molecular weight excluding hydrogens is 364 g/mol. The second-order valence-corrected chi connectivity index (χ2v) is 6.10. The normalized spacial score (nSPS) is 10.3. The Hall–Kier alpha value is -3.97. The van der Waals surface area contributed by atoms with E-state index in [1.807, 2.05) is 0 Å². The number of thiazole rings is 1. The fraction of sp³-hybridized carbons (Fsp3) is 0. The molecule has 0 unspecified atom stereocenters. The van der Waals surface area contributed by atoms with Gasteiger partial charge in [-0.3, -0.25) is 20.1 Å². The highest BCUT2D eigenvalue weighted by Gasteiger charge is 2.17. The largest absolute Gasteiger partial charge is 0.296 e. The van der Waals surface area contributed by atoms with E-state index in [0.29, 0.717) is 27.8 Å². The third kappa shape index (κ3) is 3.26. The van der Waals surface area contributed by atoms with Gasteiger partial charge in [0.25, 0.3) is 5.91 Å². The maximum atomic E-state index is 12.6. The molecule has 4 rings (SSSR count). The predicted molar refractivity (Wildman–Crippen MR) is 97.2 cm³/mol. The third-order valence-corrected chi connectivity index (χ3v) is 4.33.